The lowest BCUT2D eigenvalue weighted by atomic mass is 10.0. The van der Waals surface area contributed by atoms with Gasteiger partial charge in [0.15, 0.2) is 0 Å². The van der Waals surface area contributed by atoms with Crippen LogP contribution in [0.25, 0.3) is 5.65 Å². The van der Waals surface area contributed by atoms with Gasteiger partial charge < -0.3 is 20.6 Å². The third-order valence-corrected chi connectivity index (χ3v) is 7.42. The molecule has 174 valence electrons. The Morgan fingerprint density at radius 2 is 1.85 bits per heavy atom. The molecule has 1 saturated heterocycles. The molecule has 5 rings (SSSR count). The maximum absolute atomic E-state index is 12.8. The Kier molecular flexibility index (Phi) is 6.17. The van der Waals surface area contributed by atoms with Crippen molar-refractivity contribution in [3.05, 3.63) is 58.4 Å². The number of halogens is 1. The number of carbonyl (C=O) groups excluding carboxylic acids is 1. The number of fused-ring (bicyclic) bond motifs is 1. The van der Waals surface area contributed by atoms with Gasteiger partial charge in [0.2, 0.25) is 5.91 Å². The molecule has 7 nitrogen and oxygen atoms in total. The number of nitrogens with two attached hydrogens (primary N) is 1. The average Bonchev–Trinajstić information content (AvgIpc) is 3.50. The van der Waals surface area contributed by atoms with E-state index in [1.54, 1.807) is 12.1 Å². The summed E-state index contributed by atoms with van der Waals surface area (Å²) in [5, 5.41) is 10.2. The van der Waals surface area contributed by atoms with E-state index in [2.05, 4.69) is 20.5 Å². The number of piperazine rings is 1. The Labute approximate surface area is 198 Å². The lowest BCUT2D eigenvalue weighted by molar-refractivity contribution is -0.135. The average molecular weight is 468 g/mol. The van der Waals surface area contributed by atoms with Gasteiger partial charge in [-0.1, -0.05) is 30.5 Å². The molecule has 2 aromatic heterocycles. The summed E-state index contributed by atoms with van der Waals surface area (Å²) in [5.74, 6) is 1.75. The van der Waals surface area contributed by atoms with E-state index < -0.39 is 0 Å². The molecule has 1 saturated carbocycles. The Balaban J connectivity index is 1.37. The SMILES string of the molecule is NCc1cc2ncc(N3CCN(C(=O)C4CCCC4)CC3)n2cc1Cc1ccc(O)cc1Cl. The Hall–Kier alpha value is -2.77. The highest BCUT2D eigenvalue weighted by Crippen LogP contribution is 2.29. The van der Waals surface area contributed by atoms with Crippen LogP contribution in [0.5, 0.6) is 5.75 Å². The third-order valence-electron chi connectivity index (χ3n) is 7.06. The van der Waals surface area contributed by atoms with Gasteiger partial charge in [0, 0.05) is 56.3 Å². The molecule has 2 aliphatic rings. The number of imidazole rings is 1. The Bertz CT molecular complexity index is 1160. The second kappa shape index (κ2) is 9.23. The highest BCUT2D eigenvalue weighted by molar-refractivity contribution is 6.31. The minimum atomic E-state index is 0.153. The van der Waals surface area contributed by atoms with E-state index in [1.165, 1.54) is 12.8 Å². The van der Waals surface area contributed by atoms with E-state index in [0.29, 0.717) is 23.9 Å². The van der Waals surface area contributed by atoms with Crippen molar-refractivity contribution in [2.24, 2.45) is 11.7 Å². The van der Waals surface area contributed by atoms with E-state index >= 15 is 0 Å². The first-order valence-electron chi connectivity index (χ1n) is 11.7. The molecule has 0 atom stereocenters. The molecule has 1 amide bonds. The number of phenolic OH excluding ortho intramolecular Hbond substituents is 1. The molecule has 2 fully saturated rings. The predicted octanol–water partition coefficient (Wildman–Crippen LogP) is 3.58. The Morgan fingerprint density at radius 1 is 1.09 bits per heavy atom. The molecule has 33 heavy (non-hydrogen) atoms. The number of aromatic hydroxyl groups is 1. The quantitative estimate of drug-likeness (QED) is 0.598. The summed E-state index contributed by atoms with van der Waals surface area (Å²) in [6, 6.07) is 7.09. The number of hydrogen-bond acceptors (Lipinski definition) is 5. The summed E-state index contributed by atoms with van der Waals surface area (Å²) < 4.78 is 2.11. The van der Waals surface area contributed by atoms with Gasteiger partial charge in [-0.25, -0.2) is 4.98 Å². The summed E-state index contributed by atoms with van der Waals surface area (Å²) in [7, 11) is 0. The largest absolute Gasteiger partial charge is 0.508 e. The molecule has 0 unspecified atom stereocenters. The number of rotatable bonds is 5. The monoisotopic (exact) mass is 467 g/mol. The van der Waals surface area contributed by atoms with Crippen molar-refractivity contribution < 1.29 is 9.90 Å². The minimum Gasteiger partial charge on any atom is -0.508 e. The number of anilines is 1. The highest BCUT2D eigenvalue weighted by atomic mass is 35.5. The van der Waals surface area contributed by atoms with Crippen LogP contribution in [0.1, 0.15) is 42.4 Å². The summed E-state index contributed by atoms with van der Waals surface area (Å²) in [6.07, 6.45) is 9.07. The molecule has 8 heteroatoms. The van der Waals surface area contributed by atoms with Crippen LogP contribution in [0.2, 0.25) is 5.02 Å². The maximum atomic E-state index is 12.8. The fourth-order valence-corrected chi connectivity index (χ4v) is 5.39. The molecule has 0 spiro atoms. The number of amides is 1. The van der Waals surface area contributed by atoms with E-state index in [0.717, 1.165) is 67.2 Å². The summed E-state index contributed by atoms with van der Waals surface area (Å²) in [4.78, 5) is 21.8. The van der Waals surface area contributed by atoms with E-state index in [4.69, 9.17) is 17.3 Å². The lowest BCUT2D eigenvalue weighted by Gasteiger charge is -2.36. The maximum Gasteiger partial charge on any atom is 0.225 e. The molecule has 3 aromatic rings. The number of pyridine rings is 1. The molecule has 1 aromatic carbocycles. The van der Waals surface area contributed by atoms with Crippen molar-refractivity contribution in [2.45, 2.75) is 38.6 Å². The molecule has 3 N–H and O–H groups in total. The number of nitrogens with zero attached hydrogens (tertiary/aromatic N) is 4. The van der Waals surface area contributed by atoms with Gasteiger partial charge in [0.1, 0.15) is 17.2 Å². The molecule has 1 aliphatic heterocycles. The van der Waals surface area contributed by atoms with Gasteiger partial charge in [-0.15, -0.1) is 0 Å². The van der Waals surface area contributed by atoms with Crippen molar-refractivity contribution >= 4 is 29.0 Å². The molecule has 0 bridgehead atoms. The summed E-state index contributed by atoms with van der Waals surface area (Å²) >= 11 is 6.36. The molecule has 0 radical (unpaired) electrons. The number of phenols is 1. The second-order valence-corrected chi connectivity index (χ2v) is 9.53. The van der Waals surface area contributed by atoms with Gasteiger partial charge >= 0.3 is 0 Å². The number of aromatic nitrogens is 2. The van der Waals surface area contributed by atoms with E-state index in [1.807, 2.05) is 23.2 Å². The molecule has 3 heterocycles. The van der Waals surface area contributed by atoms with Crippen LogP contribution in [0.15, 0.2) is 36.7 Å². The first kappa shape index (κ1) is 22.0. The third kappa shape index (κ3) is 4.39. The zero-order valence-electron chi connectivity index (χ0n) is 18.7. The number of benzene rings is 1. The first-order valence-corrected chi connectivity index (χ1v) is 12.1. The molecular weight excluding hydrogens is 438 g/mol. The smallest absolute Gasteiger partial charge is 0.225 e. The fraction of sp³-hybridized carbons (Fsp3) is 0.440. The van der Waals surface area contributed by atoms with Crippen LogP contribution in [-0.4, -0.2) is 51.5 Å². The van der Waals surface area contributed by atoms with Crippen molar-refractivity contribution in [1.29, 1.82) is 0 Å². The van der Waals surface area contributed by atoms with Crippen LogP contribution < -0.4 is 10.6 Å². The zero-order chi connectivity index (χ0) is 22.9. The molecular formula is C25H30ClN5O2. The van der Waals surface area contributed by atoms with Crippen LogP contribution in [0.4, 0.5) is 5.82 Å². The van der Waals surface area contributed by atoms with Crippen molar-refractivity contribution in [3.8, 4) is 5.75 Å². The summed E-state index contributed by atoms with van der Waals surface area (Å²) in [6.45, 7) is 3.50. The predicted molar refractivity (Wildman–Crippen MR) is 130 cm³/mol. The normalized spacial score (nSPS) is 17.3. The van der Waals surface area contributed by atoms with Crippen LogP contribution in [-0.2, 0) is 17.8 Å². The highest BCUT2D eigenvalue weighted by Gasteiger charge is 2.30. The van der Waals surface area contributed by atoms with Crippen LogP contribution in [0.3, 0.4) is 0 Å². The van der Waals surface area contributed by atoms with Gasteiger partial charge in [-0.05, 0) is 47.7 Å². The fourth-order valence-electron chi connectivity index (χ4n) is 5.15. The van der Waals surface area contributed by atoms with Gasteiger partial charge in [0.05, 0.1) is 6.20 Å². The van der Waals surface area contributed by atoms with Crippen LogP contribution in [0, 0.1) is 5.92 Å². The van der Waals surface area contributed by atoms with Crippen molar-refractivity contribution in [3.63, 3.8) is 0 Å². The standard InChI is InChI=1S/C25H30ClN5O2/c26-22-13-21(32)6-5-18(22)11-20-16-31-23(12-19(20)14-27)28-15-24(31)29-7-9-30(10-8-29)25(33)17-3-1-2-4-17/h5-6,12-13,15-17,32H,1-4,7-11,14,27H2. The Morgan fingerprint density at radius 3 is 2.55 bits per heavy atom. The second-order valence-electron chi connectivity index (χ2n) is 9.12. The lowest BCUT2D eigenvalue weighted by Crippen LogP contribution is -2.50. The summed E-state index contributed by atoms with van der Waals surface area (Å²) in [5.41, 5.74) is 9.94. The van der Waals surface area contributed by atoms with Gasteiger partial charge in [-0.2, -0.15) is 0 Å². The first-order chi connectivity index (χ1) is 16.0. The van der Waals surface area contributed by atoms with Crippen molar-refractivity contribution in [2.75, 3.05) is 31.1 Å². The van der Waals surface area contributed by atoms with Gasteiger partial charge in [0.25, 0.3) is 0 Å². The van der Waals surface area contributed by atoms with E-state index in [-0.39, 0.29) is 11.7 Å². The van der Waals surface area contributed by atoms with E-state index in [9.17, 15) is 9.90 Å². The minimum absolute atomic E-state index is 0.153. The van der Waals surface area contributed by atoms with Crippen molar-refractivity contribution in [1.82, 2.24) is 14.3 Å². The molecule has 1 aliphatic carbocycles. The van der Waals surface area contributed by atoms with Gasteiger partial charge in [-0.3, -0.25) is 9.20 Å². The topological polar surface area (TPSA) is 87.1 Å². The number of hydrogen-bond donors (Lipinski definition) is 2. The zero-order valence-corrected chi connectivity index (χ0v) is 19.5. The number of carbonyl (C=O) groups is 1. The van der Waals surface area contributed by atoms with Crippen LogP contribution >= 0.6 is 11.6 Å².